The summed E-state index contributed by atoms with van der Waals surface area (Å²) in [4.78, 5) is 27.9. The average molecular weight is 579 g/mol. The summed E-state index contributed by atoms with van der Waals surface area (Å²) in [5.41, 5.74) is 0.525. The molecule has 0 spiro atoms. The summed E-state index contributed by atoms with van der Waals surface area (Å²) in [6, 6.07) is 8.26. The van der Waals surface area contributed by atoms with Crippen LogP contribution >= 0.6 is 34.8 Å². The molecule has 0 saturated heterocycles. The van der Waals surface area contributed by atoms with Gasteiger partial charge >= 0.3 is 0 Å². The molecule has 0 saturated carbocycles. The van der Waals surface area contributed by atoms with Gasteiger partial charge in [-0.05, 0) is 50.6 Å². The molecule has 2 atom stereocenters. The van der Waals surface area contributed by atoms with Crippen LogP contribution in [0.2, 0.25) is 15.1 Å². The molecule has 0 aliphatic carbocycles. The smallest absolute Gasteiger partial charge is 0.244 e. The van der Waals surface area contributed by atoms with Gasteiger partial charge in [0.25, 0.3) is 0 Å². The number of rotatable bonds is 11. The number of nitrogens with one attached hydrogen (secondary N) is 1. The predicted molar refractivity (Wildman–Crippen MR) is 145 cm³/mol. The zero-order valence-corrected chi connectivity index (χ0v) is 23.8. The van der Waals surface area contributed by atoms with Gasteiger partial charge in [-0.3, -0.25) is 13.9 Å². The van der Waals surface area contributed by atoms with E-state index in [1.54, 1.807) is 31.2 Å². The van der Waals surface area contributed by atoms with E-state index in [9.17, 15) is 18.0 Å². The third-order valence-electron chi connectivity index (χ3n) is 5.65. The fraction of sp³-hybridized carbons (Fsp3) is 0.417. The van der Waals surface area contributed by atoms with Crippen LogP contribution in [0, 0.1) is 0 Å². The SMILES string of the molecule is CC[C@@H](C)NC(=O)[C@H](C)N(Cc1c(Cl)cccc1Cl)C(=O)CN(c1cc(Cl)ccc1OC)S(C)(=O)=O. The number of halogens is 3. The highest BCUT2D eigenvalue weighted by atomic mass is 35.5. The molecule has 0 aliphatic rings. The molecule has 0 heterocycles. The van der Waals surface area contributed by atoms with E-state index in [2.05, 4.69) is 5.32 Å². The second-order valence-corrected chi connectivity index (χ2v) is 11.5. The minimum absolute atomic E-state index is 0.0910. The summed E-state index contributed by atoms with van der Waals surface area (Å²) in [5.74, 6) is -0.835. The first-order chi connectivity index (χ1) is 16.8. The molecule has 0 fully saturated rings. The molecular weight excluding hydrogens is 549 g/mol. The van der Waals surface area contributed by atoms with Crippen molar-refractivity contribution in [2.45, 2.75) is 45.8 Å². The van der Waals surface area contributed by atoms with Crippen LogP contribution in [-0.4, -0.2) is 57.1 Å². The Bertz CT molecular complexity index is 1190. The third-order valence-corrected chi connectivity index (χ3v) is 7.72. The van der Waals surface area contributed by atoms with Crippen LogP contribution in [0.4, 0.5) is 5.69 Å². The summed E-state index contributed by atoms with van der Waals surface area (Å²) in [6.07, 6.45) is 1.66. The first kappa shape index (κ1) is 30.0. The Hall–Kier alpha value is -2.20. The lowest BCUT2D eigenvalue weighted by molar-refractivity contribution is -0.139. The van der Waals surface area contributed by atoms with Crippen LogP contribution in [0.25, 0.3) is 0 Å². The van der Waals surface area contributed by atoms with Crippen molar-refractivity contribution in [3.63, 3.8) is 0 Å². The quantitative estimate of drug-likeness (QED) is 0.415. The fourth-order valence-electron chi connectivity index (χ4n) is 3.35. The summed E-state index contributed by atoms with van der Waals surface area (Å²) >= 11 is 18.8. The van der Waals surface area contributed by atoms with Crippen molar-refractivity contribution in [1.82, 2.24) is 10.2 Å². The van der Waals surface area contributed by atoms with Crippen LogP contribution in [0.3, 0.4) is 0 Å². The van der Waals surface area contributed by atoms with E-state index in [0.717, 1.165) is 10.6 Å². The second kappa shape index (κ2) is 12.9. The number of carbonyl (C=O) groups excluding carboxylic acids is 2. The van der Waals surface area contributed by atoms with Crippen LogP contribution in [0.1, 0.15) is 32.8 Å². The maximum absolute atomic E-state index is 13.7. The standard InChI is InChI=1S/C24H30Cl3N3O5S/c1-6-15(2)28-24(32)16(3)29(13-18-19(26)8-7-9-20(18)27)23(31)14-30(36(5,33)34)21-12-17(25)10-11-22(21)35-4/h7-12,15-16H,6,13-14H2,1-5H3,(H,28,32)/t15-,16+/m1/s1. The molecule has 0 bridgehead atoms. The topological polar surface area (TPSA) is 96.0 Å². The zero-order valence-electron chi connectivity index (χ0n) is 20.7. The second-order valence-electron chi connectivity index (χ2n) is 8.30. The van der Waals surface area contributed by atoms with Crippen LogP contribution in [0.5, 0.6) is 5.75 Å². The van der Waals surface area contributed by atoms with Gasteiger partial charge in [-0.2, -0.15) is 0 Å². The van der Waals surface area contributed by atoms with Crippen molar-refractivity contribution in [2.75, 3.05) is 24.2 Å². The van der Waals surface area contributed by atoms with Crippen molar-refractivity contribution in [3.05, 3.63) is 57.0 Å². The molecule has 0 aromatic heterocycles. The van der Waals surface area contributed by atoms with Crippen molar-refractivity contribution >= 4 is 62.3 Å². The minimum Gasteiger partial charge on any atom is -0.495 e. The summed E-state index contributed by atoms with van der Waals surface area (Å²) < 4.78 is 31.7. The zero-order chi connectivity index (χ0) is 27.2. The van der Waals surface area contributed by atoms with E-state index in [0.29, 0.717) is 22.0 Å². The van der Waals surface area contributed by atoms with E-state index in [1.807, 2.05) is 13.8 Å². The monoisotopic (exact) mass is 577 g/mol. The average Bonchev–Trinajstić information content (AvgIpc) is 2.80. The number of sulfonamides is 1. The predicted octanol–water partition coefficient (Wildman–Crippen LogP) is 4.75. The number of hydrogen-bond acceptors (Lipinski definition) is 5. The van der Waals surface area contributed by atoms with E-state index in [4.69, 9.17) is 39.5 Å². The number of nitrogens with zero attached hydrogens (tertiary/aromatic N) is 2. The van der Waals surface area contributed by atoms with Crippen molar-refractivity contribution < 1.29 is 22.7 Å². The molecule has 2 aromatic carbocycles. The lowest BCUT2D eigenvalue weighted by atomic mass is 10.1. The number of hydrogen-bond donors (Lipinski definition) is 1. The van der Waals surface area contributed by atoms with Crippen molar-refractivity contribution in [1.29, 1.82) is 0 Å². The lowest BCUT2D eigenvalue weighted by Gasteiger charge is -2.32. The molecule has 0 aliphatic heterocycles. The van der Waals surface area contributed by atoms with Gasteiger partial charge < -0.3 is 15.0 Å². The third kappa shape index (κ3) is 7.65. The Morgan fingerprint density at radius 2 is 1.69 bits per heavy atom. The first-order valence-corrected chi connectivity index (χ1v) is 14.1. The molecule has 36 heavy (non-hydrogen) atoms. The van der Waals surface area contributed by atoms with Gasteiger partial charge in [0.2, 0.25) is 21.8 Å². The van der Waals surface area contributed by atoms with Gasteiger partial charge in [-0.25, -0.2) is 8.42 Å². The maximum Gasteiger partial charge on any atom is 0.244 e. The lowest BCUT2D eigenvalue weighted by Crippen LogP contribution is -2.52. The molecule has 0 radical (unpaired) electrons. The Balaban J connectivity index is 2.52. The number of anilines is 1. The number of carbonyl (C=O) groups is 2. The normalized spacial score (nSPS) is 13.0. The molecule has 12 heteroatoms. The van der Waals surface area contributed by atoms with E-state index in [1.165, 1.54) is 24.1 Å². The van der Waals surface area contributed by atoms with Gasteiger partial charge in [0.1, 0.15) is 18.3 Å². The molecule has 2 rings (SSSR count). The maximum atomic E-state index is 13.7. The molecule has 1 N–H and O–H groups in total. The molecule has 0 unspecified atom stereocenters. The summed E-state index contributed by atoms with van der Waals surface area (Å²) in [6.45, 7) is 4.60. The number of benzene rings is 2. The number of ether oxygens (including phenoxy) is 1. The first-order valence-electron chi connectivity index (χ1n) is 11.1. The largest absolute Gasteiger partial charge is 0.495 e. The highest BCUT2D eigenvalue weighted by Gasteiger charge is 2.32. The Morgan fingerprint density at radius 3 is 2.22 bits per heavy atom. The minimum atomic E-state index is -3.96. The molecule has 198 valence electrons. The van der Waals surface area contributed by atoms with Crippen LogP contribution in [-0.2, 0) is 26.2 Å². The van der Waals surface area contributed by atoms with Crippen molar-refractivity contribution in [3.8, 4) is 5.75 Å². The molecular formula is C24H30Cl3N3O5S. The molecule has 2 aromatic rings. The van der Waals surface area contributed by atoms with Gasteiger partial charge in [-0.1, -0.05) is 47.8 Å². The van der Waals surface area contributed by atoms with Gasteiger partial charge in [0.15, 0.2) is 0 Å². The van der Waals surface area contributed by atoms with E-state index >= 15 is 0 Å². The summed E-state index contributed by atoms with van der Waals surface area (Å²) in [5, 5.41) is 3.73. The van der Waals surface area contributed by atoms with E-state index < -0.39 is 34.4 Å². The summed E-state index contributed by atoms with van der Waals surface area (Å²) in [7, 11) is -2.58. The van der Waals surface area contributed by atoms with Gasteiger partial charge in [0, 0.05) is 33.2 Å². The van der Waals surface area contributed by atoms with Crippen molar-refractivity contribution in [2.24, 2.45) is 0 Å². The Morgan fingerprint density at radius 1 is 1.08 bits per heavy atom. The molecule has 8 nitrogen and oxygen atoms in total. The van der Waals surface area contributed by atoms with E-state index in [-0.39, 0.29) is 29.0 Å². The highest BCUT2D eigenvalue weighted by molar-refractivity contribution is 7.92. The Kier molecular flexibility index (Phi) is 10.7. The van der Waals surface area contributed by atoms with Gasteiger partial charge in [-0.15, -0.1) is 0 Å². The Labute approximate surface area is 227 Å². The number of methoxy groups -OCH3 is 1. The highest BCUT2D eigenvalue weighted by Crippen LogP contribution is 2.33. The van der Waals surface area contributed by atoms with Gasteiger partial charge in [0.05, 0.1) is 19.1 Å². The fourth-order valence-corrected chi connectivity index (χ4v) is 4.88. The van der Waals surface area contributed by atoms with Crippen LogP contribution < -0.4 is 14.4 Å². The molecule has 2 amide bonds. The number of amides is 2. The van der Waals surface area contributed by atoms with Crippen LogP contribution in [0.15, 0.2) is 36.4 Å².